The number of primary amides is 1. The van der Waals surface area contributed by atoms with E-state index in [-0.39, 0.29) is 16.4 Å². The van der Waals surface area contributed by atoms with Gasteiger partial charge in [0.2, 0.25) is 0 Å². The van der Waals surface area contributed by atoms with Crippen molar-refractivity contribution in [3.63, 3.8) is 0 Å². The lowest BCUT2D eigenvalue weighted by atomic mass is 9.89. The number of hydrogen-bond acceptors (Lipinski definition) is 5. The molecule has 3 aliphatic heterocycles. The molecule has 6 nitrogen and oxygen atoms in total. The fraction of sp³-hybridized carbons (Fsp3) is 0.519. The molecule has 3 atom stereocenters. The van der Waals surface area contributed by atoms with Crippen LogP contribution in [-0.2, 0) is 6.54 Å². The Hall–Kier alpha value is -1.84. The Bertz CT molecular complexity index is 1230. The van der Waals surface area contributed by atoms with Gasteiger partial charge in [-0.2, -0.15) is 10.6 Å². The van der Waals surface area contributed by atoms with E-state index >= 15 is 0 Å². The van der Waals surface area contributed by atoms with Crippen LogP contribution in [0, 0.1) is 0 Å². The monoisotopic (exact) mass is 513 g/mol. The molecule has 0 aliphatic carbocycles. The number of thiophene rings is 1. The molecule has 3 saturated heterocycles. The van der Waals surface area contributed by atoms with E-state index < -0.39 is 16.5 Å². The van der Waals surface area contributed by atoms with Crippen molar-refractivity contribution in [1.82, 2.24) is 9.88 Å². The minimum atomic E-state index is -2.48. The normalized spacial score (nSPS) is 27.7. The van der Waals surface area contributed by atoms with Gasteiger partial charge in [-0.1, -0.05) is 12.8 Å². The van der Waals surface area contributed by atoms with E-state index in [0.717, 1.165) is 54.3 Å². The van der Waals surface area contributed by atoms with E-state index in [0.29, 0.717) is 5.56 Å². The summed E-state index contributed by atoms with van der Waals surface area (Å²) in [6.07, 6.45) is 10.6. The molecule has 188 valence electrons. The molecule has 1 aromatic carbocycles. The van der Waals surface area contributed by atoms with Crippen molar-refractivity contribution in [3.8, 4) is 11.1 Å². The second kappa shape index (κ2) is 9.23. The van der Waals surface area contributed by atoms with Gasteiger partial charge in [-0.3, -0.25) is 18.8 Å². The molecule has 35 heavy (non-hydrogen) atoms. The molecule has 0 spiro atoms. The van der Waals surface area contributed by atoms with Crippen LogP contribution in [-0.4, -0.2) is 48.5 Å². The van der Waals surface area contributed by atoms with Gasteiger partial charge in [0.1, 0.15) is 0 Å². The number of rotatable bonds is 5. The number of aromatic amines is 1. The summed E-state index contributed by atoms with van der Waals surface area (Å²) in [6, 6.07) is 6.38. The number of carbonyl (C=O) groups is 1. The fourth-order valence-electron chi connectivity index (χ4n) is 6.58. The van der Waals surface area contributed by atoms with Crippen molar-refractivity contribution < 1.29 is 13.9 Å². The molecule has 2 aromatic heterocycles. The average molecular weight is 514 g/mol. The molecule has 3 fully saturated rings. The number of carbonyl (C=O) groups excluding carboxylic acids is 1. The summed E-state index contributed by atoms with van der Waals surface area (Å²) in [5, 5.41) is 3.22. The first-order valence-electron chi connectivity index (χ1n) is 12.9. The van der Waals surface area contributed by atoms with E-state index in [9.17, 15) is 13.9 Å². The molecule has 3 aliphatic rings. The molecule has 0 radical (unpaired) electrons. The zero-order chi connectivity index (χ0) is 24.2. The van der Waals surface area contributed by atoms with Gasteiger partial charge < -0.3 is 10.7 Å². The first-order valence-corrected chi connectivity index (χ1v) is 15.5. The van der Waals surface area contributed by atoms with Gasteiger partial charge in [-0.15, -0.1) is 11.3 Å². The lowest BCUT2D eigenvalue weighted by Gasteiger charge is -2.46. The minimum absolute atomic E-state index is 0.00610. The number of benzene rings is 1. The number of nitrogens with two attached hydrogens (primary N) is 1. The predicted octanol–water partition coefficient (Wildman–Crippen LogP) is 6.53. The first kappa shape index (κ1) is 23.6. The summed E-state index contributed by atoms with van der Waals surface area (Å²) in [4.78, 5) is 19.7. The largest absolute Gasteiger partial charge is 0.366 e. The zero-order valence-electron chi connectivity index (χ0n) is 20.0. The molecule has 0 unspecified atom stereocenters. The topological polar surface area (TPSA) is 103 Å². The third kappa shape index (κ3) is 4.33. The highest BCUT2D eigenvalue weighted by Gasteiger charge is 2.47. The fourth-order valence-corrected chi connectivity index (χ4v) is 10.1. The number of aromatic nitrogens is 1. The maximum atomic E-state index is 12.4. The Morgan fingerprint density at radius 1 is 1.06 bits per heavy atom. The Balaban J connectivity index is 1.33. The number of likely N-dealkylation sites (tertiary alicyclic amines) is 1. The van der Waals surface area contributed by atoms with E-state index in [1.807, 2.05) is 12.3 Å². The van der Waals surface area contributed by atoms with Crippen LogP contribution in [0.3, 0.4) is 0 Å². The maximum Gasteiger partial charge on any atom is 0.250 e. The molecule has 5 heterocycles. The lowest BCUT2D eigenvalue weighted by Crippen LogP contribution is -2.28. The van der Waals surface area contributed by atoms with Crippen LogP contribution >= 0.6 is 21.9 Å². The number of amides is 1. The van der Waals surface area contributed by atoms with Crippen LogP contribution in [0.4, 0.5) is 0 Å². The summed E-state index contributed by atoms with van der Waals surface area (Å²) in [5.74, 6) is -0.165. The summed E-state index contributed by atoms with van der Waals surface area (Å²) in [7, 11) is -2.48. The average Bonchev–Trinajstić information content (AvgIpc) is 3.39. The molecule has 6 rings (SSSR count). The second-order valence-corrected chi connectivity index (χ2v) is 14.3. The van der Waals surface area contributed by atoms with Crippen LogP contribution < -0.4 is 5.73 Å². The number of H-pyrrole nitrogens is 1. The van der Waals surface area contributed by atoms with Crippen molar-refractivity contribution in [1.29, 1.82) is 0 Å². The van der Waals surface area contributed by atoms with Gasteiger partial charge in [0, 0.05) is 33.5 Å². The Labute approximate surface area is 212 Å². The highest BCUT2D eigenvalue weighted by atomic mass is 32.3. The van der Waals surface area contributed by atoms with E-state index in [1.54, 1.807) is 11.3 Å². The van der Waals surface area contributed by atoms with E-state index in [1.165, 1.54) is 49.2 Å². The maximum absolute atomic E-state index is 12.4. The van der Waals surface area contributed by atoms with Crippen LogP contribution in [0.2, 0.25) is 0 Å². The third-order valence-corrected chi connectivity index (χ3v) is 12.2. The standard InChI is InChI=1S/C27H35N3O3S2/c28-27(31)24-13-17(19-9-20(34-16-19)15-30-7-3-1-2-4-8-30)12-23-25(14-29-26(23)24)18-10-21-5-6-22(11-18)35(21,32)33/h9,12-14,16,18,21-22,29,32-33H,1-8,10-11,15H2,(H2,28,31)/t18-,21-,22+. The second-order valence-electron chi connectivity index (χ2n) is 10.7. The predicted molar refractivity (Wildman–Crippen MR) is 146 cm³/mol. The Morgan fingerprint density at radius 3 is 2.46 bits per heavy atom. The van der Waals surface area contributed by atoms with Crippen LogP contribution in [0.5, 0.6) is 0 Å². The van der Waals surface area contributed by atoms with Crippen molar-refractivity contribution >= 4 is 38.7 Å². The molecule has 5 N–H and O–H groups in total. The van der Waals surface area contributed by atoms with Gasteiger partial charge in [0.05, 0.1) is 11.1 Å². The van der Waals surface area contributed by atoms with Crippen LogP contribution in [0.25, 0.3) is 22.0 Å². The molecule has 8 heteroatoms. The quantitative estimate of drug-likeness (QED) is 0.311. The van der Waals surface area contributed by atoms with Crippen molar-refractivity contribution in [2.75, 3.05) is 13.1 Å². The van der Waals surface area contributed by atoms with E-state index in [4.69, 9.17) is 5.73 Å². The van der Waals surface area contributed by atoms with Gasteiger partial charge in [-0.05, 0) is 97.8 Å². The van der Waals surface area contributed by atoms with Crippen molar-refractivity contribution in [3.05, 3.63) is 45.8 Å². The summed E-state index contributed by atoms with van der Waals surface area (Å²) in [5.41, 5.74) is 10.5. The Kier molecular flexibility index (Phi) is 6.21. The Morgan fingerprint density at radius 2 is 1.77 bits per heavy atom. The number of fused-ring (bicyclic) bond motifs is 3. The first-order chi connectivity index (χ1) is 16.9. The zero-order valence-corrected chi connectivity index (χ0v) is 21.7. The molecule has 2 bridgehead atoms. The molecule has 0 saturated carbocycles. The number of hydrogen-bond donors (Lipinski definition) is 4. The SMILES string of the molecule is NC(=O)c1cc(-c2csc(CN3CCCCCC3)c2)cc2c([C@@H]3C[C@H]4CC[C@@H](C3)S4(O)O)c[nH]c12. The van der Waals surface area contributed by atoms with Gasteiger partial charge in [-0.25, -0.2) is 0 Å². The van der Waals surface area contributed by atoms with E-state index in [2.05, 4.69) is 27.4 Å². The van der Waals surface area contributed by atoms with Crippen molar-refractivity contribution in [2.24, 2.45) is 5.73 Å². The lowest BCUT2D eigenvalue weighted by molar-refractivity contribution is 0.100. The van der Waals surface area contributed by atoms with Gasteiger partial charge in [0.25, 0.3) is 5.91 Å². The highest BCUT2D eigenvalue weighted by Crippen LogP contribution is 2.66. The third-order valence-electron chi connectivity index (χ3n) is 8.48. The van der Waals surface area contributed by atoms with Gasteiger partial charge in [0.15, 0.2) is 0 Å². The number of nitrogens with zero attached hydrogens (tertiary/aromatic N) is 1. The summed E-state index contributed by atoms with van der Waals surface area (Å²) in [6.45, 7) is 3.33. The molecular weight excluding hydrogens is 478 g/mol. The minimum Gasteiger partial charge on any atom is -0.366 e. The van der Waals surface area contributed by atoms with Crippen molar-refractivity contribution in [2.45, 2.75) is 74.3 Å². The molecular formula is C27H35N3O3S2. The summed E-state index contributed by atoms with van der Waals surface area (Å²) < 4.78 is 21.2. The van der Waals surface area contributed by atoms with Gasteiger partial charge >= 0.3 is 0 Å². The molecule has 1 amide bonds. The smallest absolute Gasteiger partial charge is 0.250 e. The van der Waals surface area contributed by atoms with Crippen LogP contribution in [0.15, 0.2) is 29.8 Å². The number of nitrogens with one attached hydrogen (secondary N) is 1. The van der Waals surface area contributed by atoms with Crippen LogP contribution in [0.1, 0.15) is 78.1 Å². The summed E-state index contributed by atoms with van der Waals surface area (Å²) >= 11 is 1.79. The molecule has 3 aromatic rings. The highest BCUT2D eigenvalue weighted by molar-refractivity contribution is 8.25.